The number of hydrogen-bond donors (Lipinski definition) is 0. The maximum Gasteiger partial charge on any atom is 0.302 e. The zero-order valence-corrected chi connectivity index (χ0v) is 24.7. The number of carbonyl (C=O) groups excluding carboxylic acids is 2. The van der Waals surface area contributed by atoms with Crippen molar-refractivity contribution in [1.29, 1.82) is 0 Å². The molecule has 4 bridgehead atoms. The average Bonchev–Trinajstić information content (AvgIpc) is 3.55. The summed E-state index contributed by atoms with van der Waals surface area (Å²) >= 11 is 0. The molecule has 0 amide bonds. The molecule has 2 aromatic rings. The number of ether oxygens (including phenoxy) is 2. The van der Waals surface area contributed by atoms with E-state index in [0.717, 1.165) is 49.1 Å². The SMILES string of the molecule is CC(=O)OC1CC2CC(OC(C)=O)C3C4CC(C(C1)C24C)C1(C)C(C(C)CCc2nc4ccccc4o2)CCC31. The fraction of sp³-hybridized carbons (Fsp3) is 0.735. The van der Waals surface area contributed by atoms with Crippen molar-refractivity contribution in [3.63, 3.8) is 0 Å². The highest BCUT2D eigenvalue weighted by atomic mass is 16.5. The summed E-state index contributed by atoms with van der Waals surface area (Å²) in [6, 6.07) is 8.02. The molecule has 5 aliphatic rings. The van der Waals surface area contributed by atoms with Crippen molar-refractivity contribution in [2.45, 2.75) is 98.2 Å². The van der Waals surface area contributed by atoms with Crippen molar-refractivity contribution in [3.8, 4) is 0 Å². The summed E-state index contributed by atoms with van der Waals surface area (Å²) in [6.07, 6.45) is 8.40. The summed E-state index contributed by atoms with van der Waals surface area (Å²) in [5.74, 6) is 4.90. The van der Waals surface area contributed by atoms with E-state index in [1.54, 1.807) is 13.8 Å². The van der Waals surface area contributed by atoms with Gasteiger partial charge in [0.2, 0.25) is 0 Å². The van der Waals surface area contributed by atoms with Crippen LogP contribution in [0.4, 0.5) is 0 Å². The second kappa shape index (κ2) is 9.32. The number of nitrogens with zero attached hydrogens (tertiary/aromatic N) is 1. The van der Waals surface area contributed by atoms with E-state index < -0.39 is 0 Å². The minimum absolute atomic E-state index is 0.0190. The Bertz CT molecular complexity index is 1290. The van der Waals surface area contributed by atoms with Gasteiger partial charge in [0, 0.05) is 26.2 Å². The molecule has 12 unspecified atom stereocenters. The summed E-state index contributed by atoms with van der Waals surface area (Å²) < 4.78 is 18.2. The fourth-order valence-electron chi connectivity index (χ4n) is 11.8. The largest absolute Gasteiger partial charge is 0.463 e. The van der Waals surface area contributed by atoms with Crippen LogP contribution in [0.1, 0.15) is 85.5 Å². The number of fused-ring (bicyclic) bond motifs is 4. The molecule has 216 valence electrons. The Balaban J connectivity index is 1.21. The quantitative estimate of drug-likeness (QED) is 0.363. The third-order valence-corrected chi connectivity index (χ3v) is 13.1. The number of oxazole rings is 1. The van der Waals surface area contributed by atoms with Crippen molar-refractivity contribution in [3.05, 3.63) is 30.2 Å². The highest BCUT2D eigenvalue weighted by Crippen LogP contribution is 2.78. The van der Waals surface area contributed by atoms with Gasteiger partial charge >= 0.3 is 11.9 Å². The smallest absolute Gasteiger partial charge is 0.302 e. The Morgan fingerprint density at radius 1 is 0.950 bits per heavy atom. The van der Waals surface area contributed by atoms with E-state index in [-0.39, 0.29) is 35.0 Å². The van der Waals surface area contributed by atoms with Crippen molar-refractivity contribution >= 4 is 23.0 Å². The number of esters is 2. The van der Waals surface area contributed by atoms with Gasteiger partial charge in [-0.25, -0.2) is 4.98 Å². The van der Waals surface area contributed by atoms with Crippen LogP contribution in [0.25, 0.3) is 11.1 Å². The second-order valence-corrected chi connectivity index (χ2v) is 14.5. The molecule has 0 spiro atoms. The van der Waals surface area contributed by atoms with Crippen LogP contribution in [-0.4, -0.2) is 29.1 Å². The monoisotopic (exact) mass is 547 g/mol. The van der Waals surface area contributed by atoms with Gasteiger partial charge < -0.3 is 13.9 Å². The maximum absolute atomic E-state index is 12.4. The maximum atomic E-state index is 12.4. The molecule has 0 aliphatic heterocycles. The summed E-state index contributed by atoms with van der Waals surface area (Å²) in [4.78, 5) is 29.2. The van der Waals surface area contributed by atoms with E-state index in [2.05, 4.69) is 20.8 Å². The number of hydrogen-bond acceptors (Lipinski definition) is 6. The molecule has 1 heterocycles. The molecular weight excluding hydrogens is 502 g/mol. The number of para-hydroxylation sites is 2. The highest BCUT2D eigenvalue weighted by Gasteiger charge is 2.74. The van der Waals surface area contributed by atoms with Crippen molar-refractivity contribution < 1.29 is 23.5 Å². The van der Waals surface area contributed by atoms with Crippen molar-refractivity contribution in [2.24, 2.45) is 58.2 Å². The molecule has 6 nitrogen and oxygen atoms in total. The topological polar surface area (TPSA) is 78.6 Å². The third-order valence-electron chi connectivity index (χ3n) is 13.1. The van der Waals surface area contributed by atoms with Gasteiger partial charge in [-0.1, -0.05) is 32.9 Å². The van der Waals surface area contributed by atoms with Crippen LogP contribution in [0, 0.1) is 58.2 Å². The van der Waals surface area contributed by atoms with Crippen molar-refractivity contribution in [2.75, 3.05) is 0 Å². The predicted molar refractivity (Wildman–Crippen MR) is 151 cm³/mol. The molecule has 7 rings (SSSR count). The molecule has 0 N–H and O–H groups in total. The first kappa shape index (κ1) is 26.5. The fourth-order valence-corrected chi connectivity index (χ4v) is 11.8. The molecule has 40 heavy (non-hydrogen) atoms. The number of rotatable bonds is 6. The number of aromatic nitrogens is 1. The molecule has 1 aromatic heterocycles. The average molecular weight is 548 g/mol. The van der Waals surface area contributed by atoms with Gasteiger partial charge in [-0.3, -0.25) is 9.59 Å². The molecule has 5 fully saturated rings. The summed E-state index contributed by atoms with van der Waals surface area (Å²) in [6.45, 7) is 10.7. The summed E-state index contributed by atoms with van der Waals surface area (Å²) in [7, 11) is 0. The third kappa shape index (κ3) is 3.76. The standard InChI is InChI=1S/C34H45NO5/c1-18(10-13-31-35-28-8-6-7-9-29(28)40-31)23-11-12-24-32-27-17-26(34(23,24)5)25-16-22(38-19(2)36)14-21(33(25,27)4)15-30(32)39-20(3)37/h6-9,18,21-27,30,32H,10-17H2,1-5H3. The zero-order valence-electron chi connectivity index (χ0n) is 24.7. The van der Waals surface area contributed by atoms with Crippen LogP contribution < -0.4 is 0 Å². The van der Waals surface area contributed by atoms with E-state index in [1.165, 1.54) is 19.3 Å². The minimum atomic E-state index is -0.171. The van der Waals surface area contributed by atoms with Gasteiger partial charge in [0.25, 0.3) is 0 Å². The predicted octanol–water partition coefficient (Wildman–Crippen LogP) is 6.99. The number of aryl methyl sites for hydroxylation is 1. The van der Waals surface area contributed by atoms with Crippen LogP contribution in [0.3, 0.4) is 0 Å². The molecule has 0 saturated heterocycles. The van der Waals surface area contributed by atoms with Crippen LogP contribution in [0.5, 0.6) is 0 Å². The molecule has 1 aromatic carbocycles. The lowest BCUT2D eigenvalue weighted by Crippen LogP contribution is -2.56. The van der Waals surface area contributed by atoms with E-state index in [0.29, 0.717) is 47.3 Å². The van der Waals surface area contributed by atoms with Gasteiger partial charge in [0.15, 0.2) is 11.5 Å². The van der Waals surface area contributed by atoms with Crippen LogP contribution in [-0.2, 0) is 25.5 Å². The first-order valence-electron chi connectivity index (χ1n) is 15.8. The van der Waals surface area contributed by atoms with E-state index in [4.69, 9.17) is 18.9 Å². The van der Waals surface area contributed by atoms with Gasteiger partial charge in [0.1, 0.15) is 17.7 Å². The Morgan fingerprint density at radius 3 is 2.45 bits per heavy atom. The Hall–Kier alpha value is -2.37. The van der Waals surface area contributed by atoms with Gasteiger partial charge in [-0.2, -0.15) is 0 Å². The molecule has 5 saturated carbocycles. The number of benzene rings is 1. The molecule has 0 radical (unpaired) electrons. The molecule has 5 aliphatic carbocycles. The summed E-state index contributed by atoms with van der Waals surface area (Å²) in [5.41, 5.74) is 2.24. The first-order chi connectivity index (χ1) is 19.1. The van der Waals surface area contributed by atoms with Crippen LogP contribution >= 0.6 is 0 Å². The van der Waals surface area contributed by atoms with E-state index >= 15 is 0 Å². The van der Waals surface area contributed by atoms with E-state index in [9.17, 15) is 9.59 Å². The van der Waals surface area contributed by atoms with Crippen LogP contribution in [0.2, 0.25) is 0 Å². The highest BCUT2D eigenvalue weighted by molar-refractivity contribution is 5.72. The Morgan fingerprint density at radius 2 is 1.70 bits per heavy atom. The zero-order chi connectivity index (χ0) is 28.0. The lowest BCUT2D eigenvalue weighted by atomic mass is 9.49. The molecule has 12 atom stereocenters. The second-order valence-electron chi connectivity index (χ2n) is 14.5. The first-order valence-corrected chi connectivity index (χ1v) is 15.8. The van der Waals surface area contributed by atoms with Gasteiger partial charge in [0.05, 0.1) is 0 Å². The minimum Gasteiger partial charge on any atom is -0.463 e. The Labute approximate surface area is 238 Å². The summed E-state index contributed by atoms with van der Waals surface area (Å²) in [5, 5.41) is 0. The van der Waals surface area contributed by atoms with Gasteiger partial charge in [-0.15, -0.1) is 0 Å². The molecular formula is C34H45NO5. The lowest BCUT2D eigenvalue weighted by Gasteiger charge is -2.57. The van der Waals surface area contributed by atoms with Crippen molar-refractivity contribution in [1.82, 2.24) is 4.98 Å². The lowest BCUT2D eigenvalue weighted by molar-refractivity contribution is -0.180. The number of carbonyl (C=O) groups is 2. The molecule has 6 heteroatoms. The van der Waals surface area contributed by atoms with Gasteiger partial charge in [-0.05, 0) is 109 Å². The Kier molecular flexibility index (Phi) is 6.18. The normalized spacial score (nSPS) is 43.8. The van der Waals surface area contributed by atoms with Crippen LogP contribution in [0.15, 0.2) is 28.7 Å². The van der Waals surface area contributed by atoms with E-state index in [1.807, 2.05) is 24.3 Å².